The molecule has 4 heteroatoms. The van der Waals surface area contributed by atoms with Gasteiger partial charge in [0.1, 0.15) is 0 Å². The van der Waals surface area contributed by atoms with Crippen LogP contribution in [0, 0.1) is 0 Å². The van der Waals surface area contributed by atoms with Gasteiger partial charge in [-0.2, -0.15) is 0 Å². The van der Waals surface area contributed by atoms with Crippen LogP contribution in [0.3, 0.4) is 0 Å². The van der Waals surface area contributed by atoms with Crippen LogP contribution in [0.25, 0.3) is 0 Å². The van der Waals surface area contributed by atoms with Crippen molar-refractivity contribution in [2.75, 3.05) is 7.11 Å². The fraction of sp³-hybridized carbons (Fsp3) is 0.765. The van der Waals surface area contributed by atoms with E-state index in [-0.39, 0.29) is 5.60 Å². The molecule has 2 atom stereocenters. The van der Waals surface area contributed by atoms with Gasteiger partial charge in [-0.05, 0) is 64.2 Å². The van der Waals surface area contributed by atoms with Gasteiger partial charge in [-0.15, -0.1) is 0 Å². The molecule has 0 N–H and O–H groups in total. The molecule has 1 aromatic rings. The first-order chi connectivity index (χ1) is 9.77. The van der Waals surface area contributed by atoms with Gasteiger partial charge in [-0.1, -0.05) is 0 Å². The summed E-state index contributed by atoms with van der Waals surface area (Å²) in [5, 5.41) is 0. The van der Waals surface area contributed by atoms with Gasteiger partial charge < -0.3 is 13.7 Å². The third-order valence-electron chi connectivity index (χ3n) is 4.95. The van der Waals surface area contributed by atoms with Gasteiger partial charge in [0.05, 0.1) is 12.7 Å². The molecule has 0 aliphatic heterocycles. The molecule has 21 heavy (non-hydrogen) atoms. The van der Waals surface area contributed by atoms with Crippen molar-refractivity contribution in [2.45, 2.75) is 70.2 Å². The van der Waals surface area contributed by atoms with Crippen molar-refractivity contribution in [1.29, 1.82) is 0 Å². The Morgan fingerprint density at radius 3 is 2.33 bits per heavy atom. The normalized spacial score (nSPS) is 28.4. The first-order valence-corrected chi connectivity index (χ1v) is 11.6. The average Bonchev–Trinajstić information content (AvgIpc) is 2.91. The van der Waals surface area contributed by atoms with E-state index in [1.165, 1.54) is 36.9 Å². The topological polar surface area (TPSA) is 23.4 Å². The van der Waals surface area contributed by atoms with E-state index in [0.717, 1.165) is 12.3 Å². The summed E-state index contributed by atoms with van der Waals surface area (Å²) in [4.78, 5) is 0. The molecular formula is C17H29NO2Si. The summed E-state index contributed by atoms with van der Waals surface area (Å²) in [7, 11) is 2.47. The molecular weight excluding hydrogens is 278 g/mol. The minimum Gasteiger partial charge on any atom is -0.482 e. The maximum absolute atomic E-state index is 6.48. The predicted molar refractivity (Wildman–Crippen MR) is 88.8 cm³/mol. The lowest BCUT2D eigenvalue weighted by molar-refractivity contribution is 0.183. The van der Waals surface area contributed by atoms with E-state index in [9.17, 15) is 0 Å². The molecule has 3 nitrogen and oxygen atoms in total. The highest BCUT2D eigenvalue weighted by Crippen LogP contribution is 2.57. The van der Waals surface area contributed by atoms with Crippen LogP contribution in [0.5, 0.6) is 5.88 Å². The summed E-state index contributed by atoms with van der Waals surface area (Å²) in [5.41, 5.74) is 4.56. The Morgan fingerprint density at radius 1 is 1.14 bits per heavy atom. The zero-order valence-corrected chi connectivity index (χ0v) is 15.4. The summed E-state index contributed by atoms with van der Waals surface area (Å²) in [5.74, 6) is 1.63. The molecule has 1 fully saturated rings. The molecule has 2 aliphatic rings. The standard InChI is InChI=1S/C17H29NO2Si/c1-17(20-21(4,5)6)11-14(17)15-12-9-7-8-10-13(12)16(19-3)18(15)2/h14H,7-11H2,1-6H3. The number of nitrogens with zero attached hydrogens (tertiary/aromatic N) is 1. The number of ether oxygens (including phenoxy) is 1. The van der Waals surface area contributed by atoms with Crippen molar-refractivity contribution in [3.63, 3.8) is 0 Å². The van der Waals surface area contributed by atoms with Gasteiger partial charge in [0.2, 0.25) is 0 Å². The predicted octanol–water partition coefficient (Wildman–Crippen LogP) is 4.01. The molecule has 0 bridgehead atoms. The van der Waals surface area contributed by atoms with E-state index in [1.807, 2.05) is 0 Å². The van der Waals surface area contributed by atoms with Gasteiger partial charge in [-0.25, -0.2) is 0 Å². The number of aromatic nitrogens is 1. The second kappa shape index (κ2) is 4.88. The van der Waals surface area contributed by atoms with E-state index in [1.54, 1.807) is 12.7 Å². The highest BCUT2D eigenvalue weighted by atomic mass is 28.4. The van der Waals surface area contributed by atoms with E-state index < -0.39 is 8.32 Å². The first kappa shape index (κ1) is 15.2. The first-order valence-electron chi connectivity index (χ1n) is 8.21. The Kier molecular flexibility index (Phi) is 3.53. The Labute approximate surface area is 129 Å². The van der Waals surface area contributed by atoms with Crippen molar-refractivity contribution in [3.05, 3.63) is 16.8 Å². The number of fused-ring (bicyclic) bond motifs is 1. The van der Waals surface area contributed by atoms with Crippen LogP contribution in [0.1, 0.15) is 48.9 Å². The lowest BCUT2D eigenvalue weighted by atomic mass is 9.92. The molecule has 0 amide bonds. The molecule has 2 aliphatic carbocycles. The van der Waals surface area contributed by atoms with Gasteiger partial charge in [0, 0.05) is 24.2 Å². The smallest absolute Gasteiger partial charge is 0.196 e. The third kappa shape index (κ3) is 2.57. The summed E-state index contributed by atoms with van der Waals surface area (Å²) in [6.07, 6.45) is 6.14. The number of methoxy groups -OCH3 is 1. The minimum absolute atomic E-state index is 0.0484. The van der Waals surface area contributed by atoms with Crippen molar-refractivity contribution in [3.8, 4) is 5.88 Å². The third-order valence-corrected chi connectivity index (χ3v) is 6.03. The lowest BCUT2D eigenvalue weighted by Gasteiger charge is -2.25. The summed E-state index contributed by atoms with van der Waals surface area (Å²) < 4.78 is 14.5. The number of hydrogen-bond acceptors (Lipinski definition) is 2. The number of hydrogen-bond donors (Lipinski definition) is 0. The van der Waals surface area contributed by atoms with Crippen molar-refractivity contribution < 1.29 is 9.16 Å². The molecule has 1 aromatic heterocycles. The van der Waals surface area contributed by atoms with E-state index in [2.05, 4.69) is 38.2 Å². The van der Waals surface area contributed by atoms with E-state index in [4.69, 9.17) is 9.16 Å². The van der Waals surface area contributed by atoms with Crippen LogP contribution in [0.15, 0.2) is 0 Å². The minimum atomic E-state index is -1.50. The highest BCUT2D eigenvalue weighted by molar-refractivity contribution is 6.69. The molecule has 2 unspecified atom stereocenters. The Morgan fingerprint density at radius 2 is 1.76 bits per heavy atom. The Hall–Kier alpha value is -0.743. The molecule has 0 radical (unpaired) electrons. The van der Waals surface area contributed by atoms with Crippen molar-refractivity contribution in [1.82, 2.24) is 4.57 Å². The molecule has 118 valence electrons. The van der Waals surface area contributed by atoms with Crippen LogP contribution in [0.2, 0.25) is 19.6 Å². The summed E-state index contributed by atoms with van der Waals surface area (Å²) in [6.45, 7) is 9.16. The maximum atomic E-state index is 6.48. The van der Waals surface area contributed by atoms with Crippen LogP contribution < -0.4 is 4.74 Å². The number of rotatable bonds is 4. The Bertz CT molecular complexity index is 558. The zero-order valence-electron chi connectivity index (χ0n) is 14.4. The molecule has 0 saturated heterocycles. The molecule has 1 saturated carbocycles. The van der Waals surface area contributed by atoms with Crippen LogP contribution in [0.4, 0.5) is 0 Å². The lowest BCUT2D eigenvalue weighted by Crippen LogP contribution is -2.32. The highest BCUT2D eigenvalue weighted by Gasteiger charge is 2.56. The SMILES string of the molecule is COc1c2c(c(C3CC3(C)O[Si](C)(C)C)n1C)CCCC2. The molecule has 0 spiro atoms. The quantitative estimate of drug-likeness (QED) is 0.785. The molecule has 1 heterocycles. The second-order valence-corrected chi connectivity index (χ2v) is 12.3. The van der Waals surface area contributed by atoms with Crippen LogP contribution >= 0.6 is 0 Å². The van der Waals surface area contributed by atoms with Crippen molar-refractivity contribution >= 4 is 8.32 Å². The summed E-state index contributed by atoms with van der Waals surface area (Å²) in [6, 6.07) is 0. The maximum Gasteiger partial charge on any atom is 0.196 e. The largest absolute Gasteiger partial charge is 0.482 e. The van der Waals surface area contributed by atoms with Crippen LogP contribution in [-0.2, 0) is 24.3 Å². The molecule has 0 aromatic carbocycles. The monoisotopic (exact) mass is 307 g/mol. The zero-order chi connectivity index (χ0) is 15.4. The van der Waals surface area contributed by atoms with Gasteiger partial charge in [0.15, 0.2) is 14.2 Å². The van der Waals surface area contributed by atoms with Gasteiger partial charge in [0.25, 0.3) is 0 Å². The second-order valence-electron chi connectivity index (χ2n) is 7.90. The average molecular weight is 308 g/mol. The van der Waals surface area contributed by atoms with E-state index in [0.29, 0.717) is 5.92 Å². The summed E-state index contributed by atoms with van der Waals surface area (Å²) >= 11 is 0. The fourth-order valence-corrected chi connectivity index (χ4v) is 5.81. The van der Waals surface area contributed by atoms with Gasteiger partial charge in [-0.3, -0.25) is 0 Å². The van der Waals surface area contributed by atoms with Crippen LogP contribution in [-0.4, -0.2) is 25.6 Å². The van der Waals surface area contributed by atoms with Gasteiger partial charge >= 0.3 is 0 Å². The Balaban J connectivity index is 1.96. The fourth-order valence-electron chi connectivity index (χ4n) is 4.19. The van der Waals surface area contributed by atoms with Crippen molar-refractivity contribution in [2.24, 2.45) is 7.05 Å². The molecule has 3 rings (SSSR count). The van der Waals surface area contributed by atoms with E-state index >= 15 is 0 Å².